The Morgan fingerprint density at radius 3 is 2.41 bits per heavy atom. The summed E-state index contributed by atoms with van der Waals surface area (Å²) in [5, 5.41) is 4.47. The van der Waals surface area contributed by atoms with Gasteiger partial charge in [0.2, 0.25) is 5.91 Å². The fraction of sp³-hybridized carbons (Fsp3) is 0.346. The first-order valence-corrected chi connectivity index (χ1v) is 11.5. The predicted octanol–water partition coefficient (Wildman–Crippen LogP) is 3.56. The molecule has 4 rings (SSSR count). The zero-order chi connectivity index (χ0) is 24.2. The van der Waals surface area contributed by atoms with Gasteiger partial charge in [0.1, 0.15) is 5.82 Å². The third-order valence-corrected chi connectivity index (χ3v) is 6.22. The second kappa shape index (κ2) is 10.2. The first kappa shape index (κ1) is 23.6. The zero-order valence-electron chi connectivity index (χ0n) is 19.9. The summed E-state index contributed by atoms with van der Waals surface area (Å²) in [7, 11) is 3.80. The second-order valence-corrected chi connectivity index (χ2v) is 8.73. The highest BCUT2D eigenvalue weighted by Gasteiger charge is 2.24. The van der Waals surface area contributed by atoms with Crippen LogP contribution in [0.4, 0.5) is 10.1 Å². The van der Waals surface area contributed by atoms with E-state index in [1.54, 1.807) is 46.7 Å². The van der Waals surface area contributed by atoms with Crippen LogP contribution in [0.2, 0.25) is 0 Å². The van der Waals surface area contributed by atoms with Crippen LogP contribution in [0.25, 0.3) is 11.3 Å². The van der Waals surface area contributed by atoms with Crippen LogP contribution in [0.15, 0.2) is 54.6 Å². The molecule has 0 aliphatic carbocycles. The number of carbonyl (C=O) groups is 2. The summed E-state index contributed by atoms with van der Waals surface area (Å²) in [6.07, 6.45) is 0.847. The summed E-state index contributed by atoms with van der Waals surface area (Å²) in [5.74, 6) is -0.505. The minimum atomic E-state index is -0.312. The minimum absolute atomic E-state index is 0.0131. The van der Waals surface area contributed by atoms with Crippen LogP contribution in [-0.2, 0) is 18.4 Å². The van der Waals surface area contributed by atoms with Crippen molar-refractivity contribution in [3.05, 3.63) is 71.7 Å². The molecule has 0 fully saturated rings. The lowest BCUT2D eigenvalue weighted by Gasteiger charge is -2.27. The number of fused-ring (bicyclic) bond motifs is 1. The van der Waals surface area contributed by atoms with Gasteiger partial charge in [0.25, 0.3) is 5.91 Å². The van der Waals surface area contributed by atoms with Crippen LogP contribution in [0, 0.1) is 5.82 Å². The van der Waals surface area contributed by atoms with Gasteiger partial charge in [-0.15, -0.1) is 0 Å². The van der Waals surface area contributed by atoms with Gasteiger partial charge >= 0.3 is 0 Å². The Bertz CT molecular complexity index is 1170. The van der Waals surface area contributed by atoms with E-state index in [1.807, 2.05) is 31.3 Å². The van der Waals surface area contributed by atoms with Crippen molar-refractivity contribution in [3.63, 3.8) is 0 Å². The summed E-state index contributed by atoms with van der Waals surface area (Å²) < 4.78 is 15.0. The number of aromatic nitrogens is 2. The number of para-hydroxylation sites is 1. The number of anilines is 1. The third-order valence-electron chi connectivity index (χ3n) is 6.22. The molecule has 0 atom stereocenters. The van der Waals surface area contributed by atoms with Crippen molar-refractivity contribution < 1.29 is 14.0 Å². The monoisotopic (exact) mass is 463 g/mol. The Morgan fingerprint density at radius 2 is 1.68 bits per heavy atom. The van der Waals surface area contributed by atoms with Crippen molar-refractivity contribution in [2.75, 3.05) is 38.1 Å². The average Bonchev–Trinajstić information content (AvgIpc) is 3.19. The maximum atomic E-state index is 13.6. The van der Waals surface area contributed by atoms with Crippen LogP contribution in [0.5, 0.6) is 0 Å². The fourth-order valence-corrected chi connectivity index (χ4v) is 4.34. The van der Waals surface area contributed by atoms with Gasteiger partial charge in [0.15, 0.2) is 5.69 Å². The summed E-state index contributed by atoms with van der Waals surface area (Å²) in [6, 6.07) is 15.6. The Hall–Kier alpha value is -3.52. The van der Waals surface area contributed by atoms with E-state index in [-0.39, 0.29) is 17.6 Å². The van der Waals surface area contributed by atoms with Crippen molar-refractivity contribution >= 4 is 17.5 Å². The topological polar surface area (TPSA) is 61.7 Å². The highest BCUT2D eigenvalue weighted by atomic mass is 19.1. The first-order valence-electron chi connectivity index (χ1n) is 11.5. The maximum absolute atomic E-state index is 13.6. The number of likely N-dealkylation sites (N-methyl/N-ethyl adjacent to an activating group) is 1. The predicted molar refractivity (Wildman–Crippen MR) is 130 cm³/mol. The van der Waals surface area contributed by atoms with Crippen molar-refractivity contribution in [1.82, 2.24) is 19.6 Å². The number of carbonyl (C=O) groups excluding carboxylic acids is 2. The molecule has 1 aliphatic heterocycles. The van der Waals surface area contributed by atoms with Gasteiger partial charge in [-0.25, -0.2) is 4.39 Å². The third kappa shape index (κ3) is 5.17. The SMILES string of the molecule is CC(=O)N1CCCN(C)CCN(C(=O)c2cc(-c3ccc(F)cc3)n(C)n2)Cc2ccccc21. The maximum Gasteiger partial charge on any atom is 0.274 e. The lowest BCUT2D eigenvalue weighted by molar-refractivity contribution is -0.116. The van der Waals surface area contributed by atoms with Crippen LogP contribution in [0.1, 0.15) is 29.4 Å². The number of amides is 2. The molecule has 1 aliphatic rings. The van der Waals surface area contributed by atoms with Gasteiger partial charge in [-0.2, -0.15) is 5.10 Å². The van der Waals surface area contributed by atoms with E-state index < -0.39 is 0 Å². The largest absolute Gasteiger partial charge is 0.332 e. The molecule has 0 spiro atoms. The van der Waals surface area contributed by atoms with E-state index in [2.05, 4.69) is 10.00 Å². The van der Waals surface area contributed by atoms with Crippen molar-refractivity contribution in [2.45, 2.75) is 19.9 Å². The molecule has 2 amide bonds. The second-order valence-electron chi connectivity index (χ2n) is 8.73. The molecule has 34 heavy (non-hydrogen) atoms. The summed E-state index contributed by atoms with van der Waals surface area (Å²) in [4.78, 5) is 31.8. The quantitative estimate of drug-likeness (QED) is 0.583. The van der Waals surface area contributed by atoms with E-state index >= 15 is 0 Å². The summed E-state index contributed by atoms with van der Waals surface area (Å²) in [5.41, 5.74) is 3.62. The molecule has 0 saturated heterocycles. The molecule has 8 heteroatoms. The minimum Gasteiger partial charge on any atom is -0.332 e. The first-order chi connectivity index (χ1) is 16.3. The molecule has 7 nitrogen and oxygen atoms in total. The van der Waals surface area contributed by atoms with E-state index in [4.69, 9.17) is 0 Å². The molecule has 1 aromatic heterocycles. The zero-order valence-corrected chi connectivity index (χ0v) is 19.9. The Kier molecular flexibility index (Phi) is 7.07. The summed E-state index contributed by atoms with van der Waals surface area (Å²) in [6.45, 7) is 4.65. The molecule has 2 aromatic carbocycles. The van der Waals surface area contributed by atoms with E-state index in [0.717, 1.165) is 35.5 Å². The number of benzene rings is 2. The number of hydrogen-bond donors (Lipinski definition) is 0. The van der Waals surface area contributed by atoms with Gasteiger partial charge in [-0.1, -0.05) is 18.2 Å². The van der Waals surface area contributed by atoms with Crippen LogP contribution in [-0.4, -0.2) is 64.6 Å². The van der Waals surface area contributed by atoms with E-state index in [0.29, 0.717) is 31.9 Å². The normalized spacial score (nSPS) is 15.5. The van der Waals surface area contributed by atoms with Crippen LogP contribution < -0.4 is 4.90 Å². The fourth-order valence-electron chi connectivity index (χ4n) is 4.34. The molecule has 0 saturated carbocycles. The molecule has 0 N–H and O–H groups in total. The van der Waals surface area contributed by atoms with Crippen molar-refractivity contribution in [3.8, 4) is 11.3 Å². The van der Waals surface area contributed by atoms with Crippen molar-refractivity contribution in [2.24, 2.45) is 7.05 Å². The van der Waals surface area contributed by atoms with E-state index in [1.165, 1.54) is 12.1 Å². The number of nitrogens with zero attached hydrogens (tertiary/aromatic N) is 5. The Labute approximate surface area is 199 Å². The Morgan fingerprint density at radius 1 is 0.941 bits per heavy atom. The van der Waals surface area contributed by atoms with Crippen molar-refractivity contribution in [1.29, 1.82) is 0 Å². The van der Waals surface area contributed by atoms with Gasteiger partial charge < -0.3 is 14.7 Å². The molecule has 0 unspecified atom stereocenters. The lowest BCUT2D eigenvalue weighted by atomic mass is 10.1. The van der Waals surface area contributed by atoms with Gasteiger partial charge in [0.05, 0.1) is 5.69 Å². The molecule has 3 aromatic rings. The molecule has 0 bridgehead atoms. The van der Waals surface area contributed by atoms with Gasteiger partial charge in [-0.05, 0) is 67.5 Å². The standard InChI is InChI=1S/C26H30FN5O2/c1-19(33)32-14-6-13-29(2)15-16-31(18-21-7-4-5-8-24(21)32)26(34)23-17-25(30(3)28-23)20-9-11-22(27)12-10-20/h4-5,7-12,17H,6,13-16,18H2,1-3H3. The number of aryl methyl sites for hydroxylation is 1. The van der Waals surface area contributed by atoms with Crippen LogP contribution >= 0.6 is 0 Å². The molecule has 2 heterocycles. The molecule has 0 radical (unpaired) electrons. The average molecular weight is 464 g/mol. The number of halogens is 1. The highest BCUT2D eigenvalue weighted by molar-refractivity contribution is 5.94. The highest BCUT2D eigenvalue weighted by Crippen LogP contribution is 2.25. The lowest BCUT2D eigenvalue weighted by Crippen LogP contribution is -2.37. The number of hydrogen-bond acceptors (Lipinski definition) is 4. The molecule has 178 valence electrons. The molecular weight excluding hydrogens is 433 g/mol. The Balaban J connectivity index is 1.67. The van der Waals surface area contributed by atoms with E-state index in [9.17, 15) is 14.0 Å². The summed E-state index contributed by atoms with van der Waals surface area (Å²) >= 11 is 0. The number of rotatable bonds is 2. The smallest absolute Gasteiger partial charge is 0.274 e. The molecular formula is C26H30FN5O2. The van der Waals surface area contributed by atoms with Gasteiger partial charge in [0, 0.05) is 45.8 Å². The van der Waals surface area contributed by atoms with Crippen LogP contribution in [0.3, 0.4) is 0 Å². The van der Waals surface area contributed by atoms with Gasteiger partial charge in [-0.3, -0.25) is 14.3 Å².